The fourth-order valence-electron chi connectivity index (χ4n) is 7.15. The highest BCUT2D eigenvalue weighted by atomic mass is 35.5. The Bertz CT molecular complexity index is 2570. The van der Waals surface area contributed by atoms with Gasteiger partial charge in [-0.25, -0.2) is 9.10 Å². The van der Waals surface area contributed by atoms with Crippen LogP contribution >= 0.6 is 35.1 Å². The first-order valence-corrected chi connectivity index (χ1v) is 20.7. The molecule has 13 heteroatoms. The molecule has 10 nitrogen and oxygen atoms in total. The van der Waals surface area contributed by atoms with Crippen molar-refractivity contribution in [2.24, 2.45) is 0 Å². The summed E-state index contributed by atoms with van der Waals surface area (Å²) in [7, 11) is 0. The van der Waals surface area contributed by atoms with E-state index in [2.05, 4.69) is 17.1 Å². The van der Waals surface area contributed by atoms with Gasteiger partial charge in [-0.15, -0.1) is 0 Å². The molecule has 1 amide bonds. The fraction of sp³-hybridized carbons (Fsp3) is 0.170. The average molecular weight is 859 g/mol. The second kappa shape index (κ2) is 18.1. The van der Waals surface area contributed by atoms with E-state index in [4.69, 9.17) is 42.7 Å². The second-order valence-electron chi connectivity index (χ2n) is 14.6. The van der Waals surface area contributed by atoms with Crippen LogP contribution in [0.5, 0.6) is 17.2 Å². The number of carboxylic acid groups (broad SMARTS) is 1. The molecule has 5 N–H and O–H groups in total. The Kier molecular flexibility index (Phi) is 12.3. The van der Waals surface area contributed by atoms with Gasteiger partial charge in [-0.1, -0.05) is 77.8 Å². The van der Waals surface area contributed by atoms with Gasteiger partial charge in [0.05, 0.1) is 21.7 Å². The first-order chi connectivity index (χ1) is 29.1. The highest BCUT2D eigenvalue weighted by molar-refractivity contribution is 7.97. The number of benzene rings is 6. The van der Waals surface area contributed by atoms with Gasteiger partial charge in [0, 0.05) is 30.0 Å². The van der Waals surface area contributed by atoms with E-state index in [1.165, 1.54) is 11.9 Å². The lowest BCUT2D eigenvalue weighted by Gasteiger charge is -2.36. The van der Waals surface area contributed by atoms with Gasteiger partial charge in [0.25, 0.3) is 0 Å². The number of amides is 1. The minimum atomic E-state index is -1.16. The van der Waals surface area contributed by atoms with Gasteiger partial charge in [-0.3, -0.25) is 4.79 Å². The number of rotatable bonds is 12. The van der Waals surface area contributed by atoms with E-state index in [-0.39, 0.29) is 25.0 Å². The smallest absolute Gasteiger partial charge is 0.326 e. The van der Waals surface area contributed by atoms with Crippen molar-refractivity contribution in [3.63, 3.8) is 0 Å². The maximum atomic E-state index is 14.2. The van der Waals surface area contributed by atoms with Crippen molar-refractivity contribution in [2.45, 2.75) is 49.1 Å². The van der Waals surface area contributed by atoms with Crippen LogP contribution in [-0.4, -0.2) is 40.0 Å². The van der Waals surface area contributed by atoms with Crippen molar-refractivity contribution in [1.29, 1.82) is 5.26 Å². The Morgan fingerprint density at radius 1 is 0.867 bits per heavy atom. The van der Waals surface area contributed by atoms with Crippen LogP contribution in [0.4, 0.5) is 5.69 Å². The van der Waals surface area contributed by atoms with Gasteiger partial charge >= 0.3 is 5.97 Å². The predicted octanol–water partition coefficient (Wildman–Crippen LogP) is 8.74. The topological polar surface area (TPSA) is 149 Å². The van der Waals surface area contributed by atoms with Crippen LogP contribution in [-0.2, 0) is 35.6 Å². The molecule has 0 saturated heterocycles. The quantitative estimate of drug-likeness (QED) is 0.103. The number of nitrogens with zero attached hydrogens (tertiary/aromatic N) is 2. The molecule has 0 radical (unpaired) electrons. The number of hydrogen-bond donors (Lipinski definition) is 3. The third-order valence-electron chi connectivity index (χ3n) is 10.5. The molecule has 60 heavy (non-hydrogen) atoms. The van der Waals surface area contributed by atoms with E-state index in [9.17, 15) is 14.7 Å². The van der Waals surface area contributed by atoms with Gasteiger partial charge in [-0.2, -0.15) is 5.26 Å². The number of carboxylic acids is 1. The number of nitriles is 1. The summed E-state index contributed by atoms with van der Waals surface area (Å²) in [6, 6.07) is 39.8. The van der Waals surface area contributed by atoms with Crippen molar-refractivity contribution in [1.82, 2.24) is 9.62 Å². The van der Waals surface area contributed by atoms with Gasteiger partial charge in [0.15, 0.2) is 17.6 Å². The van der Waals surface area contributed by atoms with Crippen molar-refractivity contribution in [3.05, 3.63) is 171 Å². The Morgan fingerprint density at radius 2 is 1.55 bits per heavy atom. The molecule has 6 aromatic rings. The Morgan fingerprint density at radius 3 is 2.23 bits per heavy atom. The van der Waals surface area contributed by atoms with Crippen molar-refractivity contribution in [2.75, 3.05) is 6.61 Å². The van der Waals surface area contributed by atoms with E-state index in [1.807, 2.05) is 107 Å². The van der Waals surface area contributed by atoms with Crippen LogP contribution in [0.25, 0.3) is 11.1 Å². The SMILES string of the molecule is N#Cc1ccc(-c2ccc(C[C@H](NC(=O)[C@@H]3Cc4cc5c(cc4CN3Sc3ccc([NH3+])cc3)OC(c3ccc(OCc4ccc(Cl)c(Cl)c4)cc3)CO5)C(=O)O)cc2)cc1. The second-order valence-corrected chi connectivity index (χ2v) is 16.5. The van der Waals surface area contributed by atoms with Crippen LogP contribution in [0, 0.1) is 11.3 Å². The zero-order valence-corrected chi connectivity index (χ0v) is 34.5. The highest BCUT2D eigenvalue weighted by Crippen LogP contribution is 2.42. The highest BCUT2D eigenvalue weighted by Gasteiger charge is 2.36. The fourth-order valence-corrected chi connectivity index (χ4v) is 8.50. The molecule has 0 spiro atoms. The number of ether oxygens (including phenoxy) is 3. The molecule has 6 aromatic carbocycles. The maximum absolute atomic E-state index is 14.2. The number of hydrogen-bond acceptors (Lipinski definition) is 8. The van der Waals surface area contributed by atoms with Crippen LogP contribution in [0.2, 0.25) is 10.0 Å². The summed E-state index contributed by atoms with van der Waals surface area (Å²) in [5.41, 5.74) is 11.8. The van der Waals surface area contributed by atoms with Gasteiger partial charge in [-0.05, 0) is 118 Å². The predicted molar refractivity (Wildman–Crippen MR) is 230 cm³/mol. The monoisotopic (exact) mass is 857 g/mol. The van der Waals surface area contributed by atoms with E-state index >= 15 is 0 Å². The summed E-state index contributed by atoms with van der Waals surface area (Å²) < 4.78 is 20.7. The van der Waals surface area contributed by atoms with Gasteiger partial charge in [0.2, 0.25) is 5.91 Å². The van der Waals surface area contributed by atoms with E-state index in [0.717, 1.165) is 49.5 Å². The molecule has 2 aliphatic heterocycles. The maximum Gasteiger partial charge on any atom is 0.326 e. The summed E-state index contributed by atoms with van der Waals surface area (Å²) in [6.07, 6.45) is 0.0788. The first-order valence-electron chi connectivity index (χ1n) is 19.2. The van der Waals surface area contributed by atoms with Crippen molar-refractivity contribution < 1.29 is 34.6 Å². The standard InChI is InChI=1S/C47H38Cl2N4O6S/c48-39-18-5-30(19-40(39)49)26-57-37-14-10-33(11-15-37)45-27-58-43-22-34-21-42(53(25-35(34)23-44(43)59-45)60-38-16-12-36(51)13-17-38)46(54)52-41(47(55)56)20-28-1-6-31(7-2-28)32-8-3-29(24-50)4-9-32/h1-19,22-23,41-42,45H,20-21,25-27,51H2,(H,52,54)(H,55,56)/p+1/t41-,42-,45?/m0/s1. The number of fused-ring (bicyclic) bond motifs is 2. The van der Waals surface area contributed by atoms with Gasteiger partial charge in [0.1, 0.15) is 36.7 Å². The van der Waals surface area contributed by atoms with E-state index in [1.54, 1.807) is 24.3 Å². The normalized spacial score (nSPS) is 16.2. The number of halogens is 2. The third kappa shape index (κ3) is 9.55. The number of carbonyl (C=O) groups excluding carboxylic acids is 1. The molecular weight excluding hydrogens is 820 g/mol. The number of quaternary nitrogens is 1. The molecule has 2 heterocycles. The minimum absolute atomic E-state index is 0.102. The lowest BCUT2D eigenvalue weighted by molar-refractivity contribution is -0.254. The van der Waals surface area contributed by atoms with Crippen molar-refractivity contribution in [3.8, 4) is 34.4 Å². The lowest BCUT2D eigenvalue weighted by atomic mass is 9.94. The van der Waals surface area contributed by atoms with E-state index < -0.39 is 18.1 Å². The first kappa shape index (κ1) is 40.8. The van der Waals surface area contributed by atoms with E-state index in [0.29, 0.717) is 52.4 Å². The van der Waals surface area contributed by atoms with Crippen LogP contribution in [0.15, 0.2) is 132 Å². The molecule has 0 aromatic heterocycles. The van der Waals surface area contributed by atoms with Crippen molar-refractivity contribution >= 4 is 52.7 Å². The zero-order chi connectivity index (χ0) is 41.8. The molecule has 0 aliphatic carbocycles. The van der Waals surface area contributed by atoms with Crippen LogP contribution in [0.3, 0.4) is 0 Å². The number of carbonyl (C=O) groups is 2. The molecule has 0 bridgehead atoms. The molecule has 3 atom stereocenters. The van der Waals surface area contributed by atoms with Crippen LogP contribution in [0.1, 0.15) is 39.5 Å². The van der Waals surface area contributed by atoms with Gasteiger partial charge < -0.3 is 30.4 Å². The molecule has 2 aliphatic rings. The summed E-state index contributed by atoms with van der Waals surface area (Å²) in [6.45, 7) is 1.03. The molecule has 8 rings (SSSR count). The zero-order valence-electron chi connectivity index (χ0n) is 32.1. The number of nitrogens with one attached hydrogen (secondary N) is 1. The largest absolute Gasteiger partial charge is 0.489 e. The number of aliphatic carboxylic acids is 1. The molecule has 0 fully saturated rings. The minimum Gasteiger partial charge on any atom is -0.489 e. The Labute approximate surface area is 361 Å². The molecule has 1 unspecified atom stereocenters. The summed E-state index contributed by atoms with van der Waals surface area (Å²) in [4.78, 5) is 27.7. The molecule has 302 valence electrons. The summed E-state index contributed by atoms with van der Waals surface area (Å²) >= 11 is 13.6. The Balaban J connectivity index is 0.964. The Hall–Kier alpha value is -6.00. The third-order valence-corrected chi connectivity index (χ3v) is 12.3. The summed E-state index contributed by atoms with van der Waals surface area (Å²) in [5, 5.41) is 23.2. The molecular formula is C47H39Cl2N4O6S+. The lowest BCUT2D eigenvalue weighted by Crippen LogP contribution is -2.52. The average Bonchev–Trinajstić information content (AvgIpc) is 3.26. The molecule has 0 saturated carbocycles. The van der Waals surface area contributed by atoms with Crippen LogP contribution < -0.4 is 25.3 Å². The summed E-state index contributed by atoms with van der Waals surface area (Å²) in [5.74, 6) is 0.381.